The molecule has 14 heteroatoms. The summed E-state index contributed by atoms with van der Waals surface area (Å²) in [5, 5.41) is 8.68. The van der Waals surface area contributed by atoms with Crippen LogP contribution in [-0.2, 0) is 22.4 Å². The van der Waals surface area contributed by atoms with Gasteiger partial charge in [-0.15, -0.1) is 0 Å². The van der Waals surface area contributed by atoms with Crippen molar-refractivity contribution < 1.29 is 34.8 Å². The number of benzene rings is 2. The van der Waals surface area contributed by atoms with Crippen molar-refractivity contribution in [2.24, 2.45) is 0 Å². The van der Waals surface area contributed by atoms with Crippen LogP contribution in [0, 0.1) is 0 Å². The number of piperidine rings is 1. The summed E-state index contributed by atoms with van der Waals surface area (Å²) in [4.78, 5) is 3.84. The van der Waals surface area contributed by atoms with Crippen LogP contribution in [-0.4, -0.2) is 47.0 Å². The molecule has 0 spiro atoms. The third kappa shape index (κ3) is 5.57. The van der Waals surface area contributed by atoms with E-state index in [-0.39, 0.29) is 40.7 Å². The third-order valence-corrected chi connectivity index (χ3v) is 8.47. The fourth-order valence-corrected chi connectivity index (χ4v) is 5.94. The lowest BCUT2D eigenvalue weighted by molar-refractivity contribution is -0.140. The molecule has 4 aromatic rings. The Hall–Kier alpha value is -3.65. The van der Waals surface area contributed by atoms with Crippen LogP contribution in [0.15, 0.2) is 65.7 Å². The Morgan fingerprint density at radius 1 is 0.872 bits per heavy atom. The molecular weight excluding hydrogens is 548 g/mol. The summed E-state index contributed by atoms with van der Waals surface area (Å²) < 4.78 is 106. The first-order chi connectivity index (χ1) is 18.3. The minimum atomic E-state index is -4.62. The topological polar surface area (TPSA) is 91.0 Å². The van der Waals surface area contributed by atoms with Crippen molar-refractivity contribution in [3.63, 3.8) is 0 Å². The summed E-state index contributed by atoms with van der Waals surface area (Å²) in [7, 11) is -3.83. The van der Waals surface area contributed by atoms with Crippen LogP contribution in [0.3, 0.4) is 0 Å². The first-order valence-corrected chi connectivity index (χ1v) is 13.2. The van der Waals surface area contributed by atoms with E-state index >= 15 is 0 Å². The number of aromatic nitrogens is 3. The zero-order valence-electron chi connectivity index (χ0n) is 20.0. The van der Waals surface area contributed by atoms with Gasteiger partial charge in [0, 0.05) is 30.7 Å². The Labute approximate surface area is 218 Å². The molecule has 1 aliphatic heterocycles. The smallest absolute Gasteiger partial charge is 0.367 e. The number of rotatable bonds is 5. The number of nitrogens with zero attached hydrogens (tertiary/aromatic N) is 3. The summed E-state index contributed by atoms with van der Waals surface area (Å²) >= 11 is 0. The van der Waals surface area contributed by atoms with Gasteiger partial charge in [-0.05, 0) is 60.4 Å². The normalized spacial score (nSPS) is 16.1. The maximum atomic E-state index is 13.2. The summed E-state index contributed by atoms with van der Waals surface area (Å²) in [5.74, 6) is 0.274. The van der Waals surface area contributed by atoms with Crippen LogP contribution in [0.2, 0.25) is 0 Å². The van der Waals surface area contributed by atoms with E-state index in [9.17, 15) is 34.8 Å². The van der Waals surface area contributed by atoms with E-state index in [1.807, 2.05) is 0 Å². The molecule has 0 saturated carbocycles. The maximum absolute atomic E-state index is 13.2. The summed E-state index contributed by atoms with van der Waals surface area (Å²) in [6, 6.07) is 12.3. The number of fused-ring (bicyclic) bond motifs is 1. The fraction of sp³-hybridized carbons (Fsp3) is 0.280. The lowest BCUT2D eigenvalue weighted by atomic mass is 10.0. The van der Waals surface area contributed by atoms with Gasteiger partial charge in [0.05, 0.1) is 16.0 Å². The van der Waals surface area contributed by atoms with Gasteiger partial charge >= 0.3 is 12.4 Å². The van der Waals surface area contributed by atoms with Crippen LogP contribution in [0.1, 0.15) is 24.1 Å². The molecule has 0 unspecified atom stereocenters. The van der Waals surface area contributed by atoms with Gasteiger partial charge in [-0.2, -0.15) is 35.7 Å². The highest BCUT2D eigenvalue weighted by molar-refractivity contribution is 7.89. The molecule has 2 N–H and O–H groups in total. The Kier molecular flexibility index (Phi) is 6.79. The van der Waals surface area contributed by atoms with E-state index in [4.69, 9.17) is 0 Å². The number of aromatic amines is 1. The second-order valence-electron chi connectivity index (χ2n) is 9.11. The van der Waals surface area contributed by atoms with Gasteiger partial charge in [0.1, 0.15) is 5.82 Å². The molecule has 1 saturated heterocycles. The Bertz CT molecular complexity index is 1570. The van der Waals surface area contributed by atoms with Gasteiger partial charge in [0.25, 0.3) is 0 Å². The van der Waals surface area contributed by atoms with Gasteiger partial charge in [0.2, 0.25) is 10.0 Å². The highest BCUT2D eigenvalue weighted by Crippen LogP contribution is 2.35. The van der Waals surface area contributed by atoms with Crippen LogP contribution < -0.4 is 5.32 Å². The molecule has 1 aliphatic rings. The SMILES string of the molecule is O=S(=O)(c1ccc(-c2ccc3[nH]nc(C(F)(F)F)c3c2)cc1)N1CCC(Nc2ccc(C(F)(F)F)cn2)CC1. The number of anilines is 1. The minimum Gasteiger partial charge on any atom is -0.367 e. The molecule has 5 rings (SSSR count). The number of nitrogens with one attached hydrogen (secondary N) is 2. The second-order valence-corrected chi connectivity index (χ2v) is 11.0. The first kappa shape index (κ1) is 26.9. The highest BCUT2D eigenvalue weighted by atomic mass is 32.2. The van der Waals surface area contributed by atoms with Crippen molar-refractivity contribution in [1.82, 2.24) is 19.5 Å². The molecule has 2 aromatic carbocycles. The average molecular weight is 570 g/mol. The maximum Gasteiger partial charge on any atom is 0.435 e. The molecule has 0 amide bonds. The summed E-state index contributed by atoms with van der Waals surface area (Å²) in [6.45, 7) is 0.388. The molecule has 3 heterocycles. The summed E-state index contributed by atoms with van der Waals surface area (Å²) in [5.41, 5.74) is -0.630. The van der Waals surface area contributed by atoms with Crippen molar-refractivity contribution in [3.8, 4) is 11.1 Å². The zero-order valence-corrected chi connectivity index (χ0v) is 20.8. The van der Waals surface area contributed by atoms with Crippen LogP contribution >= 0.6 is 0 Å². The van der Waals surface area contributed by atoms with Gasteiger partial charge < -0.3 is 5.32 Å². The number of sulfonamides is 1. The average Bonchev–Trinajstić information content (AvgIpc) is 3.33. The van der Waals surface area contributed by atoms with E-state index in [2.05, 4.69) is 20.5 Å². The predicted molar refractivity (Wildman–Crippen MR) is 131 cm³/mol. The van der Waals surface area contributed by atoms with Crippen LogP contribution in [0.25, 0.3) is 22.0 Å². The van der Waals surface area contributed by atoms with Gasteiger partial charge in [0.15, 0.2) is 5.69 Å². The largest absolute Gasteiger partial charge is 0.435 e. The molecule has 7 nitrogen and oxygen atoms in total. The third-order valence-electron chi connectivity index (χ3n) is 6.55. The van der Waals surface area contributed by atoms with E-state index in [0.717, 1.165) is 12.3 Å². The van der Waals surface area contributed by atoms with Crippen molar-refractivity contribution in [2.75, 3.05) is 18.4 Å². The molecule has 0 aliphatic carbocycles. The van der Waals surface area contributed by atoms with Crippen LogP contribution in [0.5, 0.6) is 0 Å². The minimum absolute atomic E-state index is 0.0439. The highest BCUT2D eigenvalue weighted by Gasteiger charge is 2.36. The number of hydrogen-bond acceptors (Lipinski definition) is 5. The zero-order chi connectivity index (χ0) is 28.0. The Morgan fingerprint density at radius 3 is 2.13 bits per heavy atom. The first-order valence-electron chi connectivity index (χ1n) is 11.8. The quantitative estimate of drug-likeness (QED) is 0.291. The molecule has 1 fully saturated rings. The Balaban J connectivity index is 1.25. The number of hydrogen-bond donors (Lipinski definition) is 2. The van der Waals surface area contributed by atoms with E-state index in [0.29, 0.717) is 24.0 Å². The van der Waals surface area contributed by atoms with E-state index in [1.54, 1.807) is 6.07 Å². The molecule has 39 heavy (non-hydrogen) atoms. The van der Waals surface area contributed by atoms with Crippen molar-refractivity contribution in [2.45, 2.75) is 36.1 Å². The second kappa shape index (κ2) is 9.83. The molecule has 206 valence electrons. The summed E-state index contributed by atoms with van der Waals surface area (Å²) in [6.07, 6.45) is -7.51. The predicted octanol–water partition coefficient (Wildman–Crippen LogP) is 5.93. The Morgan fingerprint density at radius 2 is 1.54 bits per heavy atom. The fourth-order valence-electron chi connectivity index (χ4n) is 4.47. The van der Waals surface area contributed by atoms with E-state index < -0.39 is 33.6 Å². The number of alkyl halides is 6. The molecule has 2 aromatic heterocycles. The van der Waals surface area contributed by atoms with E-state index in [1.165, 1.54) is 46.8 Å². The van der Waals surface area contributed by atoms with Crippen LogP contribution in [0.4, 0.5) is 32.2 Å². The standard InChI is InChI=1S/C25H21F6N5O2S/c26-24(27,28)17-4-8-22(32-14-17)33-18-9-11-36(12-10-18)39(37,38)19-5-1-15(2-6-19)16-3-7-21-20(13-16)23(35-34-21)25(29,30)31/h1-8,13-14,18H,9-12H2,(H,32,33)(H,34,35). The van der Waals surface area contributed by atoms with Gasteiger partial charge in [-0.25, -0.2) is 13.4 Å². The number of halogens is 6. The van der Waals surface area contributed by atoms with Crippen molar-refractivity contribution in [3.05, 3.63) is 72.1 Å². The lowest BCUT2D eigenvalue weighted by Gasteiger charge is -2.32. The van der Waals surface area contributed by atoms with Crippen molar-refractivity contribution in [1.29, 1.82) is 0 Å². The molecular formula is C25H21F6N5O2S. The number of pyridine rings is 1. The number of H-pyrrole nitrogens is 1. The molecule has 0 radical (unpaired) electrons. The molecule has 0 atom stereocenters. The monoisotopic (exact) mass is 569 g/mol. The molecule has 0 bridgehead atoms. The van der Waals surface area contributed by atoms with Crippen molar-refractivity contribution >= 4 is 26.7 Å². The van der Waals surface area contributed by atoms with Gasteiger partial charge in [-0.1, -0.05) is 18.2 Å². The van der Waals surface area contributed by atoms with Gasteiger partial charge in [-0.3, -0.25) is 5.10 Å². The lowest BCUT2D eigenvalue weighted by Crippen LogP contribution is -2.42.